The number of carbonyl (C=O) groups excluding carboxylic acids is 1. The van der Waals surface area contributed by atoms with Crippen LogP contribution in [0.25, 0.3) is 16.2 Å². The molecule has 2 aromatic heterocycles. The summed E-state index contributed by atoms with van der Waals surface area (Å²) >= 11 is 7.86. The van der Waals surface area contributed by atoms with Crippen LogP contribution in [0.4, 0.5) is 0 Å². The minimum Gasteiger partial charge on any atom is -0.497 e. The molecule has 6 nitrogen and oxygen atoms in total. The summed E-state index contributed by atoms with van der Waals surface area (Å²) in [5, 5.41) is 2.56. The first kappa shape index (κ1) is 21.0. The van der Waals surface area contributed by atoms with Gasteiger partial charge < -0.3 is 9.64 Å². The molecule has 0 unspecified atom stereocenters. The van der Waals surface area contributed by atoms with E-state index in [2.05, 4.69) is 26.9 Å². The second-order valence-corrected chi connectivity index (χ2v) is 9.02. The fourth-order valence-electron chi connectivity index (χ4n) is 4.11. The summed E-state index contributed by atoms with van der Waals surface area (Å²) in [5.41, 5.74) is 3.74. The van der Waals surface area contributed by atoms with Crippen LogP contribution in [0.15, 0.2) is 60.1 Å². The monoisotopic (exact) mass is 466 g/mol. The average Bonchev–Trinajstić information content (AvgIpc) is 3.42. The molecule has 1 saturated heterocycles. The molecule has 1 amide bonds. The normalized spacial score (nSPS) is 14.8. The van der Waals surface area contributed by atoms with E-state index in [1.165, 1.54) is 0 Å². The summed E-state index contributed by atoms with van der Waals surface area (Å²) in [6, 6.07) is 15.3. The lowest BCUT2D eigenvalue weighted by molar-refractivity contribution is 0.0627. The first-order chi connectivity index (χ1) is 15.6. The van der Waals surface area contributed by atoms with Crippen molar-refractivity contribution in [1.29, 1.82) is 0 Å². The SMILES string of the molecule is COc1cccc(-c2nc3sccn3c2CN2CCN(C(=O)c3ccccc3Cl)CC2)c1. The molecule has 5 rings (SSSR count). The third kappa shape index (κ3) is 3.99. The number of carbonyl (C=O) groups is 1. The van der Waals surface area contributed by atoms with Gasteiger partial charge in [0.25, 0.3) is 5.91 Å². The Labute approximate surface area is 195 Å². The number of amides is 1. The minimum atomic E-state index is -0.00287. The van der Waals surface area contributed by atoms with Crippen LogP contribution in [0.1, 0.15) is 16.1 Å². The Balaban J connectivity index is 1.34. The summed E-state index contributed by atoms with van der Waals surface area (Å²) in [5.74, 6) is 0.813. The minimum absolute atomic E-state index is 0.00287. The van der Waals surface area contributed by atoms with E-state index < -0.39 is 0 Å². The van der Waals surface area contributed by atoms with E-state index in [0.29, 0.717) is 23.7 Å². The van der Waals surface area contributed by atoms with Crippen molar-refractivity contribution in [2.75, 3.05) is 33.3 Å². The summed E-state index contributed by atoms with van der Waals surface area (Å²) in [7, 11) is 1.68. The summed E-state index contributed by atoms with van der Waals surface area (Å²) in [4.78, 5) is 23.0. The van der Waals surface area contributed by atoms with Crippen LogP contribution >= 0.6 is 22.9 Å². The number of rotatable bonds is 5. The molecule has 0 aliphatic carbocycles. The standard InChI is InChI=1S/C24H23ClN4O2S/c1-31-18-6-4-5-17(15-18)22-21(29-13-14-32-24(29)26-22)16-27-9-11-28(12-10-27)23(30)19-7-2-3-8-20(19)25/h2-8,13-15H,9-12,16H2,1H3. The maximum Gasteiger partial charge on any atom is 0.255 e. The predicted molar refractivity (Wildman–Crippen MR) is 128 cm³/mol. The molecule has 3 heterocycles. The predicted octanol–water partition coefficient (Wildman–Crippen LogP) is 4.68. The number of ether oxygens (including phenoxy) is 1. The number of hydrogen-bond acceptors (Lipinski definition) is 5. The van der Waals surface area contributed by atoms with Gasteiger partial charge in [0.2, 0.25) is 0 Å². The molecule has 4 aromatic rings. The number of fused-ring (bicyclic) bond motifs is 1. The zero-order valence-corrected chi connectivity index (χ0v) is 19.3. The van der Waals surface area contributed by atoms with Gasteiger partial charge in [0.15, 0.2) is 4.96 Å². The highest BCUT2D eigenvalue weighted by Gasteiger charge is 2.25. The Kier molecular flexibility index (Phi) is 5.87. The van der Waals surface area contributed by atoms with Crippen molar-refractivity contribution in [3.63, 3.8) is 0 Å². The molecule has 0 radical (unpaired) electrons. The molecule has 1 fully saturated rings. The first-order valence-corrected chi connectivity index (χ1v) is 11.7. The maximum atomic E-state index is 12.9. The van der Waals surface area contributed by atoms with Crippen LogP contribution in [0.2, 0.25) is 5.02 Å². The second-order valence-electron chi connectivity index (χ2n) is 7.74. The first-order valence-electron chi connectivity index (χ1n) is 10.5. The molecule has 0 N–H and O–H groups in total. The van der Waals surface area contributed by atoms with Crippen LogP contribution in [0.5, 0.6) is 5.75 Å². The fraction of sp³-hybridized carbons (Fsp3) is 0.250. The zero-order chi connectivity index (χ0) is 22.1. The lowest BCUT2D eigenvalue weighted by Gasteiger charge is -2.34. The van der Waals surface area contributed by atoms with E-state index >= 15 is 0 Å². The highest BCUT2D eigenvalue weighted by molar-refractivity contribution is 7.15. The van der Waals surface area contributed by atoms with Gasteiger partial charge in [0.1, 0.15) is 5.75 Å². The van der Waals surface area contributed by atoms with Crippen LogP contribution in [-0.4, -0.2) is 58.4 Å². The Bertz CT molecular complexity index is 1260. The number of nitrogens with zero attached hydrogens (tertiary/aromatic N) is 4. The molecular weight excluding hydrogens is 444 g/mol. The molecule has 0 atom stereocenters. The summed E-state index contributed by atoms with van der Waals surface area (Å²) in [6.07, 6.45) is 2.07. The average molecular weight is 467 g/mol. The van der Waals surface area contributed by atoms with Gasteiger partial charge in [0.05, 0.1) is 29.1 Å². The smallest absolute Gasteiger partial charge is 0.255 e. The van der Waals surface area contributed by atoms with Crippen molar-refractivity contribution < 1.29 is 9.53 Å². The van der Waals surface area contributed by atoms with Gasteiger partial charge in [-0.1, -0.05) is 35.9 Å². The van der Waals surface area contributed by atoms with Crippen LogP contribution in [0.3, 0.4) is 0 Å². The molecule has 0 bridgehead atoms. The van der Waals surface area contributed by atoms with E-state index in [1.807, 2.05) is 35.2 Å². The van der Waals surface area contributed by atoms with Gasteiger partial charge in [-0.15, -0.1) is 11.3 Å². The van der Waals surface area contributed by atoms with E-state index in [1.54, 1.807) is 30.6 Å². The number of aromatic nitrogens is 2. The highest BCUT2D eigenvalue weighted by atomic mass is 35.5. The van der Waals surface area contributed by atoms with Gasteiger partial charge in [-0.3, -0.25) is 14.1 Å². The number of benzene rings is 2. The third-order valence-corrected chi connectivity index (χ3v) is 6.93. The number of hydrogen-bond donors (Lipinski definition) is 0. The van der Waals surface area contributed by atoms with Gasteiger partial charge in [-0.25, -0.2) is 4.98 Å². The third-order valence-electron chi connectivity index (χ3n) is 5.84. The van der Waals surface area contributed by atoms with Crippen LogP contribution in [0, 0.1) is 0 Å². The number of thiazole rings is 1. The summed E-state index contributed by atoms with van der Waals surface area (Å²) in [6.45, 7) is 3.70. The van der Waals surface area contributed by atoms with E-state index in [0.717, 1.165) is 47.3 Å². The van der Waals surface area contributed by atoms with Crippen molar-refractivity contribution in [3.8, 4) is 17.0 Å². The summed E-state index contributed by atoms with van der Waals surface area (Å²) < 4.78 is 7.58. The number of methoxy groups -OCH3 is 1. The van der Waals surface area contributed by atoms with Crippen molar-refractivity contribution in [2.24, 2.45) is 0 Å². The quantitative estimate of drug-likeness (QED) is 0.428. The number of piperazine rings is 1. The van der Waals surface area contributed by atoms with E-state index in [9.17, 15) is 4.79 Å². The molecule has 8 heteroatoms. The molecule has 1 aliphatic rings. The van der Waals surface area contributed by atoms with Crippen molar-refractivity contribution in [3.05, 3.63) is 76.4 Å². The fourth-order valence-corrected chi connectivity index (χ4v) is 5.06. The molecule has 2 aromatic carbocycles. The molecular formula is C24H23ClN4O2S. The lowest BCUT2D eigenvalue weighted by Crippen LogP contribution is -2.48. The maximum absolute atomic E-state index is 12.9. The molecule has 0 saturated carbocycles. The molecule has 164 valence electrons. The largest absolute Gasteiger partial charge is 0.497 e. The molecule has 32 heavy (non-hydrogen) atoms. The number of imidazole rings is 1. The van der Waals surface area contributed by atoms with Gasteiger partial charge in [-0.05, 0) is 24.3 Å². The lowest BCUT2D eigenvalue weighted by atomic mass is 10.1. The zero-order valence-electron chi connectivity index (χ0n) is 17.7. The Morgan fingerprint density at radius 2 is 1.94 bits per heavy atom. The van der Waals surface area contributed by atoms with Gasteiger partial charge in [-0.2, -0.15) is 0 Å². The second kappa shape index (κ2) is 8.94. The Morgan fingerprint density at radius 3 is 2.72 bits per heavy atom. The van der Waals surface area contributed by atoms with Crippen molar-refractivity contribution in [2.45, 2.75) is 6.54 Å². The van der Waals surface area contributed by atoms with Crippen molar-refractivity contribution in [1.82, 2.24) is 19.2 Å². The van der Waals surface area contributed by atoms with Crippen LogP contribution in [-0.2, 0) is 6.54 Å². The molecule has 0 spiro atoms. The Hall–Kier alpha value is -2.87. The van der Waals surface area contributed by atoms with E-state index in [4.69, 9.17) is 21.3 Å². The molecule has 1 aliphatic heterocycles. The Morgan fingerprint density at radius 1 is 1.12 bits per heavy atom. The number of halogens is 1. The van der Waals surface area contributed by atoms with Crippen LogP contribution < -0.4 is 4.74 Å². The van der Waals surface area contributed by atoms with Gasteiger partial charge >= 0.3 is 0 Å². The topological polar surface area (TPSA) is 50.1 Å². The van der Waals surface area contributed by atoms with Gasteiger partial charge in [0, 0.05) is 49.9 Å². The highest BCUT2D eigenvalue weighted by Crippen LogP contribution is 2.30. The van der Waals surface area contributed by atoms with E-state index in [-0.39, 0.29) is 5.91 Å². The van der Waals surface area contributed by atoms with Crippen molar-refractivity contribution >= 4 is 33.8 Å².